The quantitative estimate of drug-likeness (QED) is 0.721. The van der Waals surface area contributed by atoms with Gasteiger partial charge >= 0.3 is 0 Å². The summed E-state index contributed by atoms with van der Waals surface area (Å²) in [5.41, 5.74) is 3.06. The van der Waals surface area contributed by atoms with Crippen molar-refractivity contribution in [1.82, 2.24) is 5.32 Å². The molecule has 2 rings (SSSR count). The molecule has 2 N–H and O–H groups in total. The fourth-order valence-corrected chi connectivity index (χ4v) is 3.60. The van der Waals surface area contributed by atoms with Gasteiger partial charge < -0.3 is 15.2 Å². The molecule has 0 aromatic heterocycles. The van der Waals surface area contributed by atoms with Crippen LogP contribution in [0.5, 0.6) is 5.75 Å². The molecule has 0 fully saturated rings. The Balaban J connectivity index is 1.93. The van der Waals surface area contributed by atoms with E-state index in [2.05, 4.69) is 24.4 Å². The van der Waals surface area contributed by atoms with Crippen LogP contribution in [0, 0.1) is 0 Å². The average Bonchev–Trinajstić information content (AvgIpc) is 2.64. The Labute approximate surface area is 152 Å². The number of hydrogen-bond acceptors (Lipinski definition) is 4. The molecular formula is C20H27NO3S. The lowest BCUT2D eigenvalue weighted by Gasteiger charge is -2.17. The zero-order valence-corrected chi connectivity index (χ0v) is 15.9. The number of methoxy groups -OCH3 is 1. The third kappa shape index (κ3) is 5.66. The molecule has 0 aliphatic carbocycles. The minimum absolute atomic E-state index is 0.0394. The van der Waals surface area contributed by atoms with E-state index < -0.39 is 10.8 Å². The lowest BCUT2D eigenvalue weighted by Crippen LogP contribution is -2.27. The molecule has 136 valence electrons. The third-order valence-corrected chi connectivity index (χ3v) is 5.36. The van der Waals surface area contributed by atoms with Gasteiger partial charge in [0.1, 0.15) is 5.75 Å². The highest BCUT2D eigenvalue weighted by molar-refractivity contribution is 7.84. The van der Waals surface area contributed by atoms with E-state index in [4.69, 9.17) is 4.74 Å². The summed E-state index contributed by atoms with van der Waals surface area (Å²) in [6, 6.07) is 14.0. The molecule has 0 aliphatic rings. The summed E-state index contributed by atoms with van der Waals surface area (Å²) >= 11 is 0. The van der Waals surface area contributed by atoms with Gasteiger partial charge in [-0.1, -0.05) is 24.3 Å². The van der Waals surface area contributed by atoms with Crippen LogP contribution in [0.4, 0.5) is 0 Å². The number of hydrogen-bond donors (Lipinski definition) is 2. The molecular weight excluding hydrogens is 334 g/mol. The SMILES string of the molecule is COc1ccc(CCC(C)NCc2c(CO)cccc2S(C)=O)cc1. The fraction of sp³-hybridized carbons (Fsp3) is 0.400. The molecule has 0 saturated carbocycles. The van der Waals surface area contributed by atoms with E-state index in [-0.39, 0.29) is 6.61 Å². The highest BCUT2D eigenvalue weighted by atomic mass is 32.2. The van der Waals surface area contributed by atoms with Crippen molar-refractivity contribution >= 4 is 10.8 Å². The zero-order valence-electron chi connectivity index (χ0n) is 15.1. The summed E-state index contributed by atoms with van der Waals surface area (Å²) in [4.78, 5) is 0.793. The van der Waals surface area contributed by atoms with Gasteiger partial charge in [-0.2, -0.15) is 0 Å². The Hall–Kier alpha value is -1.69. The Morgan fingerprint density at radius 2 is 1.92 bits per heavy atom. The van der Waals surface area contributed by atoms with E-state index >= 15 is 0 Å². The number of aryl methyl sites for hydroxylation is 1. The highest BCUT2D eigenvalue weighted by Gasteiger charge is 2.12. The van der Waals surface area contributed by atoms with E-state index in [1.165, 1.54) is 5.56 Å². The molecule has 0 saturated heterocycles. The summed E-state index contributed by atoms with van der Waals surface area (Å²) in [7, 11) is 0.603. The van der Waals surface area contributed by atoms with Gasteiger partial charge in [-0.25, -0.2) is 0 Å². The third-order valence-electron chi connectivity index (χ3n) is 4.36. The number of aliphatic hydroxyl groups excluding tert-OH is 1. The highest BCUT2D eigenvalue weighted by Crippen LogP contribution is 2.19. The number of rotatable bonds is 9. The second-order valence-corrected chi connectivity index (χ2v) is 7.52. The van der Waals surface area contributed by atoms with Crippen LogP contribution in [0.3, 0.4) is 0 Å². The number of aliphatic hydroxyl groups is 1. The Bertz CT molecular complexity index is 701. The van der Waals surface area contributed by atoms with Crippen molar-refractivity contribution in [2.45, 2.75) is 43.9 Å². The lowest BCUT2D eigenvalue weighted by atomic mass is 10.0. The largest absolute Gasteiger partial charge is 0.497 e. The van der Waals surface area contributed by atoms with Crippen molar-refractivity contribution in [2.75, 3.05) is 13.4 Å². The summed E-state index contributed by atoms with van der Waals surface area (Å²) in [6.07, 6.45) is 3.65. The predicted molar refractivity (Wildman–Crippen MR) is 102 cm³/mol. The topological polar surface area (TPSA) is 58.6 Å². The number of nitrogens with one attached hydrogen (secondary N) is 1. The molecule has 0 amide bonds. The minimum atomic E-state index is -1.07. The Morgan fingerprint density at radius 3 is 2.52 bits per heavy atom. The van der Waals surface area contributed by atoms with Crippen molar-refractivity contribution in [2.24, 2.45) is 0 Å². The van der Waals surface area contributed by atoms with Gasteiger partial charge in [0.15, 0.2) is 0 Å². The van der Waals surface area contributed by atoms with Gasteiger partial charge in [0.2, 0.25) is 0 Å². The minimum Gasteiger partial charge on any atom is -0.497 e. The zero-order chi connectivity index (χ0) is 18.2. The standard InChI is InChI=1S/C20H27NO3S/c1-15(7-8-16-9-11-18(24-2)12-10-16)21-13-19-17(14-22)5-4-6-20(19)25(3)23/h4-6,9-12,15,21-22H,7-8,13-14H2,1-3H3. The maximum absolute atomic E-state index is 11.9. The van der Waals surface area contributed by atoms with Crippen LogP contribution < -0.4 is 10.1 Å². The van der Waals surface area contributed by atoms with E-state index in [1.807, 2.05) is 30.3 Å². The van der Waals surface area contributed by atoms with Crippen molar-refractivity contribution < 1.29 is 14.1 Å². The lowest BCUT2D eigenvalue weighted by molar-refractivity contribution is 0.279. The van der Waals surface area contributed by atoms with Gasteiger partial charge in [-0.15, -0.1) is 0 Å². The first-order valence-corrected chi connectivity index (χ1v) is 10.0. The van der Waals surface area contributed by atoms with Crippen LogP contribution in [0.1, 0.15) is 30.0 Å². The van der Waals surface area contributed by atoms with Crippen LogP contribution in [0.25, 0.3) is 0 Å². The molecule has 25 heavy (non-hydrogen) atoms. The Morgan fingerprint density at radius 1 is 1.20 bits per heavy atom. The molecule has 5 heteroatoms. The predicted octanol–water partition coefficient (Wildman–Crippen LogP) is 3.04. The summed E-state index contributed by atoms with van der Waals surface area (Å²) < 4.78 is 17.1. The number of ether oxygens (including phenoxy) is 1. The molecule has 2 aromatic carbocycles. The molecule has 0 spiro atoms. The van der Waals surface area contributed by atoms with Crippen LogP contribution >= 0.6 is 0 Å². The van der Waals surface area contributed by atoms with Crippen LogP contribution in [0.2, 0.25) is 0 Å². The summed E-state index contributed by atoms with van der Waals surface area (Å²) in [5, 5.41) is 13.0. The van der Waals surface area contributed by atoms with Crippen LogP contribution in [0.15, 0.2) is 47.4 Å². The average molecular weight is 362 g/mol. The van der Waals surface area contributed by atoms with Crippen molar-refractivity contribution in [3.05, 3.63) is 59.2 Å². The first kappa shape index (κ1) is 19.6. The van der Waals surface area contributed by atoms with Crippen molar-refractivity contribution in [1.29, 1.82) is 0 Å². The van der Waals surface area contributed by atoms with Gasteiger partial charge in [-0.3, -0.25) is 4.21 Å². The molecule has 0 aliphatic heterocycles. The van der Waals surface area contributed by atoms with Crippen molar-refractivity contribution in [3.63, 3.8) is 0 Å². The summed E-state index contributed by atoms with van der Waals surface area (Å²) in [6.45, 7) is 2.71. The van der Waals surface area contributed by atoms with Crippen LogP contribution in [-0.2, 0) is 30.4 Å². The smallest absolute Gasteiger partial charge is 0.118 e. The summed E-state index contributed by atoms with van der Waals surface area (Å²) in [5.74, 6) is 0.871. The molecule has 2 unspecified atom stereocenters. The van der Waals surface area contributed by atoms with Gasteiger partial charge in [-0.05, 0) is 54.7 Å². The van der Waals surface area contributed by atoms with Gasteiger partial charge in [0.25, 0.3) is 0 Å². The maximum atomic E-state index is 11.9. The maximum Gasteiger partial charge on any atom is 0.118 e. The van der Waals surface area contributed by atoms with Gasteiger partial charge in [0, 0.05) is 23.7 Å². The Kier molecular flexibility index (Phi) is 7.62. The van der Waals surface area contributed by atoms with E-state index in [1.54, 1.807) is 13.4 Å². The molecule has 2 aromatic rings. The monoisotopic (exact) mass is 361 g/mol. The number of benzene rings is 2. The molecule has 0 radical (unpaired) electrons. The first-order chi connectivity index (χ1) is 12.0. The molecule has 0 bridgehead atoms. The first-order valence-electron chi connectivity index (χ1n) is 8.46. The van der Waals surface area contributed by atoms with E-state index in [0.717, 1.165) is 34.6 Å². The second kappa shape index (κ2) is 9.70. The fourth-order valence-electron chi connectivity index (χ4n) is 2.78. The molecule has 0 heterocycles. The molecule has 2 atom stereocenters. The molecule has 4 nitrogen and oxygen atoms in total. The van der Waals surface area contributed by atoms with Gasteiger partial charge in [0.05, 0.1) is 24.5 Å². The van der Waals surface area contributed by atoms with E-state index in [9.17, 15) is 9.32 Å². The van der Waals surface area contributed by atoms with Crippen molar-refractivity contribution in [3.8, 4) is 5.75 Å². The van der Waals surface area contributed by atoms with Crippen LogP contribution in [-0.4, -0.2) is 28.7 Å². The van der Waals surface area contributed by atoms with E-state index in [0.29, 0.717) is 12.6 Å². The normalized spacial score (nSPS) is 13.4. The second-order valence-electron chi connectivity index (χ2n) is 6.17.